The molecule has 1 N–H and O–H groups in total. The molecule has 0 saturated heterocycles. The van der Waals surface area contributed by atoms with E-state index in [2.05, 4.69) is 48.2 Å². The number of hydrogen-bond donors (Lipinski definition) is 1. The summed E-state index contributed by atoms with van der Waals surface area (Å²) >= 11 is 6.89. The fraction of sp³-hybridized carbons (Fsp3) is 0.214. The maximum absolute atomic E-state index is 5.83. The van der Waals surface area contributed by atoms with Crippen molar-refractivity contribution in [2.24, 2.45) is 0 Å². The highest BCUT2D eigenvalue weighted by Gasteiger charge is 2.07. The van der Waals surface area contributed by atoms with Crippen molar-refractivity contribution < 1.29 is 4.74 Å². The smallest absolute Gasteiger partial charge is 0.222 e. The zero-order valence-electron chi connectivity index (χ0n) is 10.7. The van der Waals surface area contributed by atoms with E-state index in [-0.39, 0.29) is 0 Å². The topological polar surface area (TPSA) is 34.2 Å². The molecule has 0 bridgehead atoms. The molecule has 0 radical (unpaired) electrons. The van der Waals surface area contributed by atoms with Gasteiger partial charge in [-0.15, -0.1) is 0 Å². The Morgan fingerprint density at radius 1 is 1.26 bits per heavy atom. The predicted molar refractivity (Wildman–Crippen MR) is 83.7 cm³/mol. The summed E-state index contributed by atoms with van der Waals surface area (Å²) in [5, 5.41) is 3.10. The highest BCUT2D eigenvalue weighted by molar-refractivity contribution is 9.11. The van der Waals surface area contributed by atoms with Crippen LogP contribution in [0.25, 0.3) is 0 Å². The number of benzene rings is 1. The molecule has 2 aromatic rings. The van der Waals surface area contributed by atoms with Crippen molar-refractivity contribution in [2.45, 2.75) is 13.5 Å². The summed E-state index contributed by atoms with van der Waals surface area (Å²) < 4.78 is 7.72. The summed E-state index contributed by atoms with van der Waals surface area (Å²) in [6.07, 6.45) is 1.82. The standard InChI is InChI=1S/C14H14Br2N2O/c1-9-5-10(7-17-2)8-18-14(9)19-13-4-3-11(15)6-12(13)16/h3-6,8,17H,7H2,1-2H3. The summed E-state index contributed by atoms with van der Waals surface area (Å²) in [7, 11) is 1.92. The minimum absolute atomic E-state index is 0.628. The van der Waals surface area contributed by atoms with Crippen LogP contribution in [0.3, 0.4) is 0 Å². The van der Waals surface area contributed by atoms with Crippen LogP contribution in [0.1, 0.15) is 11.1 Å². The molecule has 0 amide bonds. The number of hydrogen-bond acceptors (Lipinski definition) is 3. The van der Waals surface area contributed by atoms with Crippen molar-refractivity contribution in [3.8, 4) is 11.6 Å². The van der Waals surface area contributed by atoms with E-state index >= 15 is 0 Å². The molecule has 19 heavy (non-hydrogen) atoms. The highest BCUT2D eigenvalue weighted by Crippen LogP contribution is 2.32. The van der Waals surface area contributed by atoms with Crippen molar-refractivity contribution in [1.29, 1.82) is 0 Å². The second-order valence-corrected chi connectivity index (χ2v) is 5.94. The first-order valence-corrected chi connectivity index (χ1v) is 7.42. The van der Waals surface area contributed by atoms with Crippen LogP contribution in [0.15, 0.2) is 39.4 Å². The number of pyridine rings is 1. The molecule has 0 aliphatic carbocycles. The van der Waals surface area contributed by atoms with Gasteiger partial charge in [-0.3, -0.25) is 0 Å². The first kappa shape index (κ1) is 14.5. The molecule has 1 aromatic carbocycles. The molecular formula is C14H14Br2N2O. The average Bonchev–Trinajstić information content (AvgIpc) is 2.36. The van der Waals surface area contributed by atoms with Gasteiger partial charge in [-0.2, -0.15) is 0 Å². The van der Waals surface area contributed by atoms with Gasteiger partial charge in [0.05, 0.1) is 4.47 Å². The first-order chi connectivity index (χ1) is 9.10. The van der Waals surface area contributed by atoms with Gasteiger partial charge in [-0.1, -0.05) is 15.9 Å². The lowest BCUT2D eigenvalue weighted by atomic mass is 10.2. The SMILES string of the molecule is CNCc1cnc(Oc2ccc(Br)cc2Br)c(C)c1. The zero-order valence-corrected chi connectivity index (χ0v) is 13.9. The minimum atomic E-state index is 0.628. The molecule has 1 aromatic heterocycles. The largest absolute Gasteiger partial charge is 0.438 e. The Kier molecular flexibility index (Phi) is 4.96. The van der Waals surface area contributed by atoms with Crippen LogP contribution >= 0.6 is 31.9 Å². The van der Waals surface area contributed by atoms with Gasteiger partial charge < -0.3 is 10.1 Å². The minimum Gasteiger partial charge on any atom is -0.438 e. The molecule has 0 saturated carbocycles. The normalized spacial score (nSPS) is 10.5. The van der Waals surface area contributed by atoms with Crippen LogP contribution < -0.4 is 10.1 Å². The number of nitrogens with zero attached hydrogens (tertiary/aromatic N) is 1. The van der Waals surface area contributed by atoms with E-state index in [4.69, 9.17) is 4.74 Å². The Morgan fingerprint density at radius 2 is 2.05 bits per heavy atom. The third-order valence-electron chi connectivity index (χ3n) is 2.57. The summed E-state index contributed by atoms with van der Waals surface area (Å²) in [4.78, 5) is 4.36. The molecule has 2 rings (SSSR count). The molecule has 1 heterocycles. The molecule has 0 unspecified atom stereocenters. The van der Waals surface area contributed by atoms with E-state index < -0.39 is 0 Å². The number of rotatable bonds is 4. The lowest BCUT2D eigenvalue weighted by molar-refractivity contribution is 0.455. The highest BCUT2D eigenvalue weighted by atomic mass is 79.9. The molecule has 0 aliphatic heterocycles. The van der Waals surface area contributed by atoms with Gasteiger partial charge in [0.15, 0.2) is 0 Å². The Bertz CT molecular complexity index is 588. The van der Waals surface area contributed by atoms with Crippen LogP contribution in [-0.2, 0) is 6.54 Å². The number of aromatic nitrogens is 1. The van der Waals surface area contributed by atoms with E-state index in [0.717, 1.165) is 32.4 Å². The van der Waals surface area contributed by atoms with Crippen LogP contribution in [-0.4, -0.2) is 12.0 Å². The van der Waals surface area contributed by atoms with Crippen LogP contribution in [0.2, 0.25) is 0 Å². The van der Waals surface area contributed by atoms with Gasteiger partial charge in [0.25, 0.3) is 0 Å². The molecular weight excluding hydrogens is 372 g/mol. The van der Waals surface area contributed by atoms with E-state index in [1.54, 1.807) is 0 Å². The summed E-state index contributed by atoms with van der Waals surface area (Å²) in [6, 6.07) is 7.85. The predicted octanol–water partition coefficient (Wildman–Crippen LogP) is 4.43. The Labute approximate surface area is 129 Å². The number of halogens is 2. The quantitative estimate of drug-likeness (QED) is 0.845. The van der Waals surface area contributed by atoms with Crippen molar-refractivity contribution in [2.75, 3.05) is 7.05 Å². The maximum Gasteiger partial charge on any atom is 0.222 e. The Hall–Kier alpha value is -0.910. The van der Waals surface area contributed by atoms with E-state index in [1.807, 2.05) is 38.4 Å². The van der Waals surface area contributed by atoms with Crippen molar-refractivity contribution in [3.05, 3.63) is 50.5 Å². The second kappa shape index (κ2) is 6.50. The van der Waals surface area contributed by atoms with Crippen LogP contribution in [0, 0.1) is 6.92 Å². The van der Waals surface area contributed by atoms with Gasteiger partial charge in [-0.05, 0) is 59.7 Å². The third-order valence-corrected chi connectivity index (χ3v) is 3.68. The molecule has 0 aliphatic rings. The van der Waals surface area contributed by atoms with E-state index in [1.165, 1.54) is 0 Å². The van der Waals surface area contributed by atoms with Crippen LogP contribution in [0.5, 0.6) is 11.6 Å². The molecule has 0 fully saturated rings. The van der Waals surface area contributed by atoms with Gasteiger partial charge in [0, 0.05) is 22.8 Å². The average molecular weight is 386 g/mol. The Balaban J connectivity index is 2.23. The Morgan fingerprint density at radius 3 is 2.68 bits per heavy atom. The number of ether oxygens (including phenoxy) is 1. The monoisotopic (exact) mass is 384 g/mol. The number of nitrogens with one attached hydrogen (secondary N) is 1. The van der Waals surface area contributed by atoms with Crippen molar-refractivity contribution in [3.63, 3.8) is 0 Å². The molecule has 3 nitrogen and oxygen atoms in total. The molecule has 0 atom stereocenters. The van der Waals surface area contributed by atoms with Gasteiger partial charge in [-0.25, -0.2) is 4.98 Å². The van der Waals surface area contributed by atoms with Crippen molar-refractivity contribution in [1.82, 2.24) is 10.3 Å². The summed E-state index contributed by atoms with van der Waals surface area (Å²) in [5.74, 6) is 1.38. The van der Waals surface area contributed by atoms with Gasteiger partial charge in [0.1, 0.15) is 5.75 Å². The number of aryl methyl sites for hydroxylation is 1. The summed E-state index contributed by atoms with van der Waals surface area (Å²) in [5.41, 5.74) is 2.16. The summed E-state index contributed by atoms with van der Waals surface area (Å²) in [6.45, 7) is 2.80. The first-order valence-electron chi connectivity index (χ1n) is 5.83. The second-order valence-electron chi connectivity index (χ2n) is 4.17. The van der Waals surface area contributed by atoms with Crippen molar-refractivity contribution >= 4 is 31.9 Å². The maximum atomic E-state index is 5.83. The van der Waals surface area contributed by atoms with E-state index in [9.17, 15) is 0 Å². The molecule has 0 spiro atoms. The third kappa shape index (κ3) is 3.78. The fourth-order valence-electron chi connectivity index (χ4n) is 1.69. The van der Waals surface area contributed by atoms with E-state index in [0.29, 0.717) is 5.88 Å². The lowest BCUT2D eigenvalue weighted by Crippen LogP contribution is -2.06. The fourth-order valence-corrected chi connectivity index (χ4v) is 2.82. The zero-order chi connectivity index (χ0) is 13.8. The lowest BCUT2D eigenvalue weighted by Gasteiger charge is -2.10. The van der Waals surface area contributed by atoms with Gasteiger partial charge in [0.2, 0.25) is 5.88 Å². The van der Waals surface area contributed by atoms with Gasteiger partial charge >= 0.3 is 0 Å². The molecule has 100 valence electrons. The van der Waals surface area contributed by atoms with Crippen LogP contribution in [0.4, 0.5) is 0 Å². The molecule has 5 heteroatoms.